The van der Waals surface area contributed by atoms with Crippen molar-refractivity contribution in [2.75, 3.05) is 33.7 Å². The highest BCUT2D eigenvalue weighted by Gasteiger charge is 2.11. The number of hydrogen-bond donors (Lipinski definition) is 2. The summed E-state index contributed by atoms with van der Waals surface area (Å²) in [4.78, 5) is 25.3. The van der Waals surface area contributed by atoms with E-state index in [9.17, 15) is 9.59 Å². The van der Waals surface area contributed by atoms with Crippen LogP contribution in [0.1, 0.15) is 34.1 Å². The summed E-state index contributed by atoms with van der Waals surface area (Å²) >= 11 is 0. The zero-order chi connectivity index (χ0) is 15.0. The van der Waals surface area contributed by atoms with E-state index in [2.05, 4.69) is 17.6 Å². The van der Waals surface area contributed by atoms with Crippen LogP contribution in [0.15, 0.2) is 24.3 Å². The molecule has 110 valence electrons. The molecule has 1 aromatic rings. The Morgan fingerprint density at radius 3 is 2.45 bits per heavy atom. The maximum Gasteiger partial charge on any atom is 0.253 e. The molecule has 1 rings (SSSR count). The molecule has 0 aliphatic heterocycles. The predicted molar refractivity (Wildman–Crippen MR) is 80.0 cm³/mol. The SMILES string of the molecule is CCCNCCNC(=O)c1cccc(C(=O)N(C)C)c1. The molecule has 0 aliphatic carbocycles. The smallest absolute Gasteiger partial charge is 0.253 e. The summed E-state index contributed by atoms with van der Waals surface area (Å²) in [5, 5.41) is 6.04. The Kier molecular flexibility index (Phi) is 6.73. The highest BCUT2D eigenvalue weighted by atomic mass is 16.2. The number of hydrogen-bond acceptors (Lipinski definition) is 3. The largest absolute Gasteiger partial charge is 0.351 e. The zero-order valence-corrected chi connectivity index (χ0v) is 12.4. The van der Waals surface area contributed by atoms with E-state index in [1.807, 2.05) is 0 Å². The lowest BCUT2D eigenvalue weighted by Gasteiger charge is -2.11. The first-order chi connectivity index (χ1) is 9.56. The first kappa shape index (κ1) is 16.2. The summed E-state index contributed by atoms with van der Waals surface area (Å²) in [7, 11) is 3.38. The second-order valence-corrected chi connectivity index (χ2v) is 4.79. The minimum Gasteiger partial charge on any atom is -0.351 e. The average Bonchev–Trinajstić information content (AvgIpc) is 2.46. The van der Waals surface area contributed by atoms with Gasteiger partial charge in [-0.3, -0.25) is 9.59 Å². The zero-order valence-electron chi connectivity index (χ0n) is 12.4. The number of nitrogens with one attached hydrogen (secondary N) is 2. The summed E-state index contributed by atoms with van der Waals surface area (Å²) in [5.74, 6) is -0.263. The van der Waals surface area contributed by atoms with Gasteiger partial charge in [-0.15, -0.1) is 0 Å². The van der Waals surface area contributed by atoms with Gasteiger partial charge in [0.1, 0.15) is 0 Å². The Hall–Kier alpha value is -1.88. The summed E-state index contributed by atoms with van der Waals surface area (Å²) < 4.78 is 0. The average molecular weight is 277 g/mol. The van der Waals surface area contributed by atoms with Gasteiger partial charge in [0.05, 0.1) is 0 Å². The Balaban J connectivity index is 2.56. The number of carbonyl (C=O) groups excluding carboxylic acids is 2. The van der Waals surface area contributed by atoms with Crippen LogP contribution in [-0.2, 0) is 0 Å². The number of rotatable bonds is 7. The highest BCUT2D eigenvalue weighted by molar-refractivity contribution is 5.99. The molecular formula is C15H23N3O2. The van der Waals surface area contributed by atoms with E-state index in [1.165, 1.54) is 4.90 Å². The van der Waals surface area contributed by atoms with E-state index >= 15 is 0 Å². The molecule has 5 nitrogen and oxygen atoms in total. The van der Waals surface area contributed by atoms with E-state index < -0.39 is 0 Å². The van der Waals surface area contributed by atoms with Gasteiger partial charge in [-0.05, 0) is 31.2 Å². The van der Waals surface area contributed by atoms with Gasteiger partial charge in [0.2, 0.25) is 0 Å². The lowest BCUT2D eigenvalue weighted by atomic mass is 10.1. The third-order valence-electron chi connectivity index (χ3n) is 2.79. The normalized spacial score (nSPS) is 10.2. The van der Waals surface area contributed by atoms with Crippen LogP contribution < -0.4 is 10.6 Å². The van der Waals surface area contributed by atoms with Crippen molar-refractivity contribution in [1.82, 2.24) is 15.5 Å². The molecule has 0 radical (unpaired) electrons. The molecule has 2 amide bonds. The van der Waals surface area contributed by atoms with Crippen molar-refractivity contribution < 1.29 is 9.59 Å². The second-order valence-electron chi connectivity index (χ2n) is 4.79. The molecule has 0 aromatic heterocycles. The topological polar surface area (TPSA) is 61.4 Å². The Morgan fingerprint density at radius 1 is 1.10 bits per heavy atom. The van der Waals surface area contributed by atoms with Crippen molar-refractivity contribution in [1.29, 1.82) is 0 Å². The van der Waals surface area contributed by atoms with E-state index in [0.29, 0.717) is 17.7 Å². The molecule has 0 saturated heterocycles. The van der Waals surface area contributed by atoms with Crippen LogP contribution in [0.25, 0.3) is 0 Å². The van der Waals surface area contributed by atoms with Crippen LogP contribution in [0.5, 0.6) is 0 Å². The van der Waals surface area contributed by atoms with Gasteiger partial charge in [-0.25, -0.2) is 0 Å². The molecule has 0 fully saturated rings. The van der Waals surface area contributed by atoms with Crippen molar-refractivity contribution in [3.05, 3.63) is 35.4 Å². The van der Waals surface area contributed by atoms with Gasteiger partial charge in [0, 0.05) is 38.3 Å². The van der Waals surface area contributed by atoms with Crippen LogP contribution in [-0.4, -0.2) is 50.4 Å². The van der Waals surface area contributed by atoms with E-state index in [4.69, 9.17) is 0 Å². The monoisotopic (exact) mass is 277 g/mol. The van der Waals surface area contributed by atoms with E-state index in [1.54, 1.807) is 38.4 Å². The minimum absolute atomic E-state index is 0.107. The fourth-order valence-corrected chi connectivity index (χ4v) is 1.72. The van der Waals surface area contributed by atoms with Crippen LogP contribution in [0.2, 0.25) is 0 Å². The summed E-state index contributed by atoms with van der Waals surface area (Å²) in [5.41, 5.74) is 1.03. The highest BCUT2D eigenvalue weighted by Crippen LogP contribution is 2.07. The molecular weight excluding hydrogens is 254 g/mol. The summed E-state index contributed by atoms with van der Waals surface area (Å²) in [6, 6.07) is 6.77. The first-order valence-corrected chi connectivity index (χ1v) is 6.87. The fraction of sp³-hybridized carbons (Fsp3) is 0.467. The van der Waals surface area contributed by atoms with Crippen LogP contribution in [0.3, 0.4) is 0 Å². The third-order valence-corrected chi connectivity index (χ3v) is 2.79. The van der Waals surface area contributed by atoms with Crippen molar-refractivity contribution in [2.45, 2.75) is 13.3 Å². The second kappa shape index (κ2) is 8.32. The van der Waals surface area contributed by atoms with Crippen LogP contribution >= 0.6 is 0 Å². The molecule has 0 saturated carbocycles. The van der Waals surface area contributed by atoms with Crippen molar-refractivity contribution >= 4 is 11.8 Å². The van der Waals surface area contributed by atoms with Crippen molar-refractivity contribution in [3.63, 3.8) is 0 Å². The Labute approximate surface area is 120 Å². The van der Waals surface area contributed by atoms with E-state index in [-0.39, 0.29) is 11.8 Å². The molecule has 2 N–H and O–H groups in total. The minimum atomic E-state index is -0.156. The van der Waals surface area contributed by atoms with Crippen LogP contribution in [0.4, 0.5) is 0 Å². The van der Waals surface area contributed by atoms with Crippen LogP contribution in [0, 0.1) is 0 Å². The Bertz CT molecular complexity index is 458. The maximum absolute atomic E-state index is 12.0. The molecule has 0 atom stereocenters. The maximum atomic E-state index is 12.0. The van der Waals surface area contributed by atoms with Crippen molar-refractivity contribution in [3.8, 4) is 0 Å². The number of nitrogens with zero attached hydrogens (tertiary/aromatic N) is 1. The molecule has 20 heavy (non-hydrogen) atoms. The fourth-order valence-electron chi connectivity index (χ4n) is 1.72. The van der Waals surface area contributed by atoms with Gasteiger partial charge in [0.15, 0.2) is 0 Å². The van der Waals surface area contributed by atoms with Gasteiger partial charge in [-0.2, -0.15) is 0 Å². The number of benzene rings is 1. The van der Waals surface area contributed by atoms with E-state index in [0.717, 1.165) is 19.5 Å². The molecule has 0 heterocycles. The van der Waals surface area contributed by atoms with Gasteiger partial charge < -0.3 is 15.5 Å². The molecule has 0 aliphatic rings. The summed E-state index contributed by atoms with van der Waals surface area (Å²) in [6.07, 6.45) is 1.07. The van der Waals surface area contributed by atoms with Gasteiger partial charge in [0.25, 0.3) is 11.8 Å². The quantitative estimate of drug-likeness (QED) is 0.734. The van der Waals surface area contributed by atoms with Gasteiger partial charge in [-0.1, -0.05) is 13.0 Å². The summed E-state index contributed by atoms with van der Waals surface area (Å²) in [6.45, 7) is 4.36. The third kappa shape index (κ3) is 5.01. The lowest BCUT2D eigenvalue weighted by Crippen LogP contribution is -2.32. The van der Waals surface area contributed by atoms with Crippen molar-refractivity contribution in [2.24, 2.45) is 0 Å². The standard InChI is InChI=1S/C15H23N3O2/c1-4-8-16-9-10-17-14(19)12-6-5-7-13(11-12)15(20)18(2)3/h5-7,11,16H,4,8-10H2,1-3H3,(H,17,19). The molecule has 1 aromatic carbocycles. The molecule has 5 heteroatoms. The Morgan fingerprint density at radius 2 is 1.80 bits per heavy atom. The number of amides is 2. The first-order valence-electron chi connectivity index (χ1n) is 6.87. The van der Waals surface area contributed by atoms with Gasteiger partial charge >= 0.3 is 0 Å². The molecule has 0 spiro atoms. The lowest BCUT2D eigenvalue weighted by molar-refractivity contribution is 0.0827. The molecule has 0 bridgehead atoms. The number of carbonyl (C=O) groups is 2. The predicted octanol–water partition coefficient (Wildman–Crippen LogP) is 1.12. The molecule has 0 unspecified atom stereocenters.